The molecule has 0 bridgehead atoms. The Labute approximate surface area is 125 Å². The van der Waals surface area contributed by atoms with Crippen LogP contribution in [0, 0.1) is 9.39 Å². The number of hydrogen-bond acceptors (Lipinski definition) is 3. The van der Waals surface area contributed by atoms with E-state index in [-0.39, 0.29) is 23.9 Å². The number of carbonyl (C=O) groups is 1. The van der Waals surface area contributed by atoms with Gasteiger partial charge in [-0.1, -0.05) is 0 Å². The van der Waals surface area contributed by atoms with Crippen LogP contribution in [0.2, 0.25) is 0 Å². The van der Waals surface area contributed by atoms with Crippen LogP contribution < -0.4 is 0 Å². The second-order valence-corrected chi connectivity index (χ2v) is 5.54. The molecule has 2 unspecified atom stereocenters. The molecule has 0 aromatic heterocycles. The van der Waals surface area contributed by atoms with E-state index in [0.717, 1.165) is 0 Å². The number of hydrogen-bond donors (Lipinski definition) is 0. The standard InChI is InChI=1S/C13H15FINO3/c1-18-11-6-16(7-12(11)19-2)13(17)9-4-3-8(14)5-10(9)15/h3-5,11-12H,6-7H2,1-2H3. The Balaban J connectivity index is 2.17. The fraction of sp³-hybridized carbons (Fsp3) is 0.462. The third-order valence-electron chi connectivity index (χ3n) is 3.27. The van der Waals surface area contributed by atoms with Gasteiger partial charge in [-0.05, 0) is 40.8 Å². The van der Waals surface area contributed by atoms with Gasteiger partial charge in [0.25, 0.3) is 5.91 Å². The number of methoxy groups -OCH3 is 2. The first-order chi connectivity index (χ1) is 9.06. The van der Waals surface area contributed by atoms with E-state index in [9.17, 15) is 9.18 Å². The Kier molecular flexibility index (Phi) is 4.75. The number of likely N-dealkylation sites (tertiary alicyclic amines) is 1. The molecule has 1 aromatic carbocycles. The molecule has 19 heavy (non-hydrogen) atoms. The lowest BCUT2D eigenvalue weighted by Gasteiger charge is -2.16. The summed E-state index contributed by atoms with van der Waals surface area (Å²) in [6.07, 6.45) is -0.237. The molecular weight excluding hydrogens is 364 g/mol. The number of ether oxygens (including phenoxy) is 2. The quantitative estimate of drug-likeness (QED) is 0.754. The van der Waals surface area contributed by atoms with Crippen molar-refractivity contribution in [3.63, 3.8) is 0 Å². The maximum Gasteiger partial charge on any atom is 0.255 e. The second kappa shape index (κ2) is 6.15. The van der Waals surface area contributed by atoms with Crippen molar-refractivity contribution in [2.24, 2.45) is 0 Å². The minimum absolute atomic E-state index is 0.118. The Bertz CT molecular complexity index is 471. The fourth-order valence-corrected chi connectivity index (χ4v) is 2.90. The van der Waals surface area contributed by atoms with Crippen LogP contribution in [0.15, 0.2) is 18.2 Å². The molecule has 1 aromatic rings. The van der Waals surface area contributed by atoms with Crippen LogP contribution in [-0.2, 0) is 9.47 Å². The largest absolute Gasteiger partial charge is 0.377 e. The lowest BCUT2D eigenvalue weighted by Crippen LogP contribution is -2.30. The van der Waals surface area contributed by atoms with Gasteiger partial charge in [-0.3, -0.25) is 4.79 Å². The molecule has 0 radical (unpaired) electrons. The number of benzene rings is 1. The van der Waals surface area contributed by atoms with Crippen molar-refractivity contribution in [2.75, 3.05) is 27.3 Å². The highest BCUT2D eigenvalue weighted by molar-refractivity contribution is 14.1. The van der Waals surface area contributed by atoms with Gasteiger partial charge in [0.2, 0.25) is 0 Å². The molecule has 1 aliphatic rings. The van der Waals surface area contributed by atoms with E-state index in [1.165, 1.54) is 18.2 Å². The lowest BCUT2D eigenvalue weighted by molar-refractivity contribution is -0.00461. The van der Waals surface area contributed by atoms with Gasteiger partial charge in [0, 0.05) is 30.9 Å². The number of nitrogens with zero attached hydrogens (tertiary/aromatic N) is 1. The molecule has 1 amide bonds. The topological polar surface area (TPSA) is 38.8 Å². The van der Waals surface area contributed by atoms with Gasteiger partial charge >= 0.3 is 0 Å². The van der Waals surface area contributed by atoms with Crippen LogP contribution in [0.4, 0.5) is 4.39 Å². The Hall–Kier alpha value is -0.730. The molecule has 1 saturated heterocycles. The molecular formula is C13H15FINO3. The van der Waals surface area contributed by atoms with Crippen molar-refractivity contribution >= 4 is 28.5 Å². The number of rotatable bonds is 3. The third-order valence-corrected chi connectivity index (χ3v) is 4.16. The van der Waals surface area contributed by atoms with Crippen molar-refractivity contribution in [3.05, 3.63) is 33.1 Å². The zero-order valence-electron chi connectivity index (χ0n) is 10.7. The van der Waals surface area contributed by atoms with Crippen molar-refractivity contribution < 1.29 is 18.7 Å². The molecule has 1 heterocycles. The van der Waals surface area contributed by atoms with E-state index >= 15 is 0 Å². The Morgan fingerprint density at radius 1 is 1.32 bits per heavy atom. The average Bonchev–Trinajstić information content (AvgIpc) is 2.81. The monoisotopic (exact) mass is 379 g/mol. The highest BCUT2D eigenvalue weighted by atomic mass is 127. The van der Waals surface area contributed by atoms with Crippen LogP contribution >= 0.6 is 22.6 Å². The molecule has 4 nitrogen and oxygen atoms in total. The maximum absolute atomic E-state index is 13.1. The molecule has 1 aliphatic heterocycles. The number of carbonyl (C=O) groups excluding carboxylic acids is 1. The average molecular weight is 379 g/mol. The number of halogens is 2. The predicted octanol–water partition coefficient (Wildman–Crippen LogP) is 1.92. The third kappa shape index (κ3) is 3.06. The van der Waals surface area contributed by atoms with Gasteiger partial charge in [0.1, 0.15) is 18.0 Å². The van der Waals surface area contributed by atoms with Gasteiger partial charge in [0.05, 0.1) is 5.56 Å². The summed E-state index contributed by atoms with van der Waals surface area (Å²) >= 11 is 1.97. The molecule has 0 saturated carbocycles. The highest BCUT2D eigenvalue weighted by Gasteiger charge is 2.36. The lowest BCUT2D eigenvalue weighted by atomic mass is 10.2. The minimum Gasteiger partial charge on any atom is -0.377 e. The first-order valence-corrected chi connectivity index (χ1v) is 6.94. The summed E-state index contributed by atoms with van der Waals surface area (Å²) in [6, 6.07) is 4.17. The first-order valence-electron chi connectivity index (χ1n) is 5.86. The highest BCUT2D eigenvalue weighted by Crippen LogP contribution is 2.21. The van der Waals surface area contributed by atoms with Crippen LogP contribution in [0.5, 0.6) is 0 Å². The molecule has 0 N–H and O–H groups in total. The zero-order chi connectivity index (χ0) is 14.0. The van der Waals surface area contributed by atoms with Crippen molar-refractivity contribution in [2.45, 2.75) is 12.2 Å². The summed E-state index contributed by atoms with van der Waals surface area (Å²) in [5, 5.41) is 0. The Morgan fingerprint density at radius 2 is 1.89 bits per heavy atom. The molecule has 2 atom stereocenters. The molecule has 1 fully saturated rings. The smallest absolute Gasteiger partial charge is 0.255 e. The van der Waals surface area contributed by atoms with E-state index in [4.69, 9.17) is 9.47 Å². The molecule has 104 valence electrons. The van der Waals surface area contributed by atoms with E-state index in [1.807, 2.05) is 22.6 Å². The summed E-state index contributed by atoms with van der Waals surface area (Å²) in [5.41, 5.74) is 0.508. The van der Waals surface area contributed by atoms with E-state index in [1.54, 1.807) is 19.1 Å². The van der Waals surface area contributed by atoms with Gasteiger partial charge in [-0.2, -0.15) is 0 Å². The van der Waals surface area contributed by atoms with Gasteiger partial charge in [-0.25, -0.2) is 4.39 Å². The summed E-state index contributed by atoms with van der Waals surface area (Å²) in [6.45, 7) is 0.975. The summed E-state index contributed by atoms with van der Waals surface area (Å²) in [4.78, 5) is 14.1. The van der Waals surface area contributed by atoms with E-state index < -0.39 is 0 Å². The SMILES string of the molecule is COC1CN(C(=O)c2ccc(F)cc2I)CC1OC. The summed E-state index contributed by atoms with van der Waals surface area (Å²) < 4.78 is 24.3. The van der Waals surface area contributed by atoms with Crippen LogP contribution in [0.1, 0.15) is 10.4 Å². The van der Waals surface area contributed by atoms with E-state index in [0.29, 0.717) is 22.2 Å². The fourth-order valence-electron chi connectivity index (χ4n) is 2.20. The zero-order valence-corrected chi connectivity index (χ0v) is 12.9. The Morgan fingerprint density at radius 3 is 2.37 bits per heavy atom. The second-order valence-electron chi connectivity index (χ2n) is 4.38. The first kappa shape index (κ1) is 14.7. The normalized spacial score (nSPS) is 22.8. The number of amides is 1. The van der Waals surface area contributed by atoms with Gasteiger partial charge in [-0.15, -0.1) is 0 Å². The maximum atomic E-state index is 13.1. The van der Waals surface area contributed by atoms with Crippen molar-refractivity contribution in [3.8, 4) is 0 Å². The van der Waals surface area contributed by atoms with Crippen molar-refractivity contribution in [1.82, 2.24) is 4.90 Å². The van der Waals surface area contributed by atoms with Crippen LogP contribution in [-0.4, -0.2) is 50.3 Å². The molecule has 0 aliphatic carbocycles. The molecule has 6 heteroatoms. The van der Waals surface area contributed by atoms with Crippen molar-refractivity contribution in [1.29, 1.82) is 0 Å². The molecule has 0 spiro atoms. The summed E-state index contributed by atoms with van der Waals surface area (Å²) in [7, 11) is 3.21. The van der Waals surface area contributed by atoms with Gasteiger partial charge in [0.15, 0.2) is 0 Å². The van der Waals surface area contributed by atoms with Crippen LogP contribution in [0.3, 0.4) is 0 Å². The predicted molar refractivity (Wildman–Crippen MR) is 76.6 cm³/mol. The minimum atomic E-state index is -0.341. The summed E-state index contributed by atoms with van der Waals surface area (Å²) in [5.74, 6) is -0.460. The van der Waals surface area contributed by atoms with Crippen LogP contribution in [0.25, 0.3) is 0 Å². The van der Waals surface area contributed by atoms with E-state index in [2.05, 4.69) is 0 Å². The van der Waals surface area contributed by atoms with Gasteiger partial charge < -0.3 is 14.4 Å². The molecule has 2 rings (SSSR count).